The van der Waals surface area contributed by atoms with Gasteiger partial charge in [0.05, 0.1) is 6.61 Å². The SMILES string of the molecule is CCCCCCOc1ccc(CCCCCC[NH])cc1. The van der Waals surface area contributed by atoms with Gasteiger partial charge in [0.15, 0.2) is 0 Å². The molecule has 0 amide bonds. The highest BCUT2D eigenvalue weighted by molar-refractivity contribution is 5.27. The van der Waals surface area contributed by atoms with Gasteiger partial charge in [0.2, 0.25) is 0 Å². The number of hydrogen-bond donors (Lipinski definition) is 0. The maximum Gasteiger partial charge on any atom is 0.119 e. The summed E-state index contributed by atoms with van der Waals surface area (Å²) >= 11 is 0. The number of rotatable bonds is 12. The molecule has 1 rings (SSSR count). The summed E-state index contributed by atoms with van der Waals surface area (Å²) in [7, 11) is 0. The number of benzene rings is 1. The molecule has 1 aromatic rings. The Morgan fingerprint density at radius 3 is 2.25 bits per heavy atom. The van der Waals surface area contributed by atoms with Gasteiger partial charge in [-0.2, -0.15) is 0 Å². The summed E-state index contributed by atoms with van der Waals surface area (Å²) in [6.45, 7) is 3.64. The van der Waals surface area contributed by atoms with E-state index >= 15 is 0 Å². The summed E-state index contributed by atoms with van der Waals surface area (Å²) in [4.78, 5) is 0. The molecule has 0 atom stereocenters. The smallest absolute Gasteiger partial charge is 0.119 e. The van der Waals surface area contributed by atoms with Gasteiger partial charge < -0.3 is 4.74 Å². The molecular weight excluding hydrogens is 246 g/mol. The Hall–Kier alpha value is -1.02. The fourth-order valence-corrected chi connectivity index (χ4v) is 2.28. The van der Waals surface area contributed by atoms with Crippen LogP contribution in [0.15, 0.2) is 24.3 Å². The molecule has 0 saturated heterocycles. The van der Waals surface area contributed by atoms with Gasteiger partial charge in [-0.3, -0.25) is 5.73 Å². The molecule has 0 saturated carbocycles. The third kappa shape index (κ3) is 8.21. The van der Waals surface area contributed by atoms with Gasteiger partial charge in [-0.1, -0.05) is 51.2 Å². The molecule has 0 unspecified atom stereocenters. The molecule has 0 fully saturated rings. The van der Waals surface area contributed by atoms with Crippen LogP contribution < -0.4 is 10.5 Å². The second kappa shape index (κ2) is 11.8. The molecule has 0 aliphatic carbocycles. The molecule has 0 spiro atoms. The Labute approximate surface area is 124 Å². The van der Waals surface area contributed by atoms with Gasteiger partial charge >= 0.3 is 0 Å². The quantitative estimate of drug-likeness (QED) is 0.493. The van der Waals surface area contributed by atoms with Crippen LogP contribution in [0.2, 0.25) is 0 Å². The van der Waals surface area contributed by atoms with E-state index in [0.29, 0.717) is 6.54 Å². The molecule has 1 aromatic carbocycles. The van der Waals surface area contributed by atoms with Crippen LogP contribution >= 0.6 is 0 Å². The average molecular weight is 276 g/mol. The lowest BCUT2D eigenvalue weighted by atomic mass is 10.1. The second-order valence-electron chi connectivity index (χ2n) is 5.47. The van der Waals surface area contributed by atoms with Crippen molar-refractivity contribution >= 4 is 0 Å². The lowest BCUT2D eigenvalue weighted by molar-refractivity contribution is 0.305. The van der Waals surface area contributed by atoms with Crippen LogP contribution in [0.25, 0.3) is 0 Å². The highest BCUT2D eigenvalue weighted by Crippen LogP contribution is 2.15. The van der Waals surface area contributed by atoms with Crippen LogP contribution in [0.1, 0.15) is 63.9 Å². The van der Waals surface area contributed by atoms with Crippen molar-refractivity contribution in [2.45, 2.75) is 64.7 Å². The van der Waals surface area contributed by atoms with Gasteiger partial charge in [-0.15, -0.1) is 0 Å². The van der Waals surface area contributed by atoms with E-state index in [9.17, 15) is 0 Å². The zero-order chi connectivity index (χ0) is 14.5. The van der Waals surface area contributed by atoms with Crippen LogP contribution in [0, 0.1) is 0 Å². The van der Waals surface area contributed by atoms with Crippen LogP contribution in [-0.4, -0.2) is 13.2 Å². The van der Waals surface area contributed by atoms with E-state index < -0.39 is 0 Å². The molecule has 0 aliphatic rings. The second-order valence-corrected chi connectivity index (χ2v) is 5.47. The molecule has 0 heterocycles. The third-order valence-corrected chi connectivity index (χ3v) is 3.58. The van der Waals surface area contributed by atoms with Gasteiger partial charge in [0, 0.05) is 6.54 Å². The number of nitrogens with one attached hydrogen (secondary N) is 1. The van der Waals surface area contributed by atoms with E-state index in [1.165, 1.54) is 44.1 Å². The number of unbranched alkanes of at least 4 members (excludes halogenated alkanes) is 6. The first-order valence-corrected chi connectivity index (χ1v) is 8.23. The summed E-state index contributed by atoms with van der Waals surface area (Å²) < 4.78 is 5.74. The first kappa shape index (κ1) is 17.0. The average Bonchev–Trinajstić information content (AvgIpc) is 2.48. The molecule has 113 valence electrons. The maximum atomic E-state index is 7.10. The largest absolute Gasteiger partial charge is 0.494 e. The molecule has 0 aliphatic heterocycles. The van der Waals surface area contributed by atoms with Crippen LogP contribution in [0.3, 0.4) is 0 Å². The monoisotopic (exact) mass is 276 g/mol. The van der Waals surface area contributed by atoms with Crippen molar-refractivity contribution in [3.63, 3.8) is 0 Å². The van der Waals surface area contributed by atoms with Crippen LogP contribution in [0.4, 0.5) is 0 Å². The van der Waals surface area contributed by atoms with Gasteiger partial charge in [-0.05, 0) is 43.4 Å². The molecule has 0 bridgehead atoms. The molecule has 1 radical (unpaired) electrons. The standard InChI is InChI=1S/C18H30NO/c1-2-3-4-9-16-20-18-13-11-17(12-14-18)10-7-5-6-8-15-19/h11-14,19H,2-10,15-16H2,1H3. The molecular formula is C18H30NO. The van der Waals surface area contributed by atoms with Crippen LogP contribution in [0.5, 0.6) is 5.75 Å². The zero-order valence-electron chi connectivity index (χ0n) is 13.0. The van der Waals surface area contributed by atoms with Crippen molar-refractivity contribution in [3.05, 3.63) is 29.8 Å². The Kier molecular flexibility index (Phi) is 10.0. The molecule has 2 heteroatoms. The maximum absolute atomic E-state index is 7.10. The minimum atomic E-state index is 0.574. The fourth-order valence-electron chi connectivity index (χ4n) is 2.28. The van der Waals surface area contributed by atoms with Gasteiger partial charge in [0.25, 0.3) is 0 Å². The topological polar surface area (TPSA) is 33.0 Å². The van der Waals surface area contributed by atoms with Crippen molar-refractivity contribution in [2.75, 3.05) is 13.2 Å². The summed E-state index contributed by atoms with van der Waals surface area (Å²) in [6, 6.07) is 8.57. The van der Waals surface area contributed by atoms with Crippen molar-refractivity contribution in [1.29, 1.82) is 0 Å². The third-order valence-electron chi connectivity index (χ3n) is 3.58. The minimum Gasteiger partial charge on any atom is -0.494 e. The van der Waals surface area contributed by atoms with E-state index in [2.05, 4.69) is 31.2 Å². The van der Waals surface area contributed by atoms with Crippen molar-refractivity contribution in [2.24, 2.45) is 0 Å². The van der Waals surface area contributed by atoms with E-state index in [0.717, 1.165) is 31.6 Å². The van der Waals surface area contributed by atoms with E-state index in [1.54, 1.807) is 0 Å². The van der Waals surface area contributed by atoms with Crippen molar-refractivity contribution in [1.82, 2.24) is 5.73 Å². The summed E-state index contributed by atoms with van der Waals surface area (Å²) in [6.07, 6.45) is 10.9. The summed E-state index contributed by atoms with van der Waals surface area (Å²) in [5, 5.41) is 0. The lowest BCUT2D eigenvalue weighted by Crippen LogP contribution is -1.97. The Bertz CT molecular complexity index is 288. The van der Waals surface area contributed by atoms with Crippen LogP contribution in [-0.2, 0) is 6.42 Å². The predicted molar refractivity (Wildman–Crippen MR) is 86.2 cm³/mol. The minimum absolute atomic E-state index is 0.574. The molecule has 2 nitrogen and oxygen atoms in total. The van der Waals surface area contributed by atoms with E-state index in [4.69, 9.17) is 10.5 Å². The molecule has 1 N–H and O–H groups in total. The first-order chi connectivity index (χ1) is 9.86. The highest BCUT2D eigenvalue weighted by atomic mass is 16.5. The number of aryl methyl sites for hydroxylation is 1. The predicted octanol–water partition coefficient (Wildman–Crippen LogP) is 5.03. The first-order valence-electron chi connectivity index (χ1n) is 8.23. The Morgan fingerprint density at radius 1 is 0.850 bits per heavy atom. The van der Waals surface area contributed by atoms with Crippen molar-refractivity contribution in [3.8, 4) is 5.75 Å². The number of hydrogen-bond acceptors (Lipinski definition) is 1. The number of ether oxygens (including phenoxy) is 1. The fraction of sp³-hybridized carbons (Fsp3) is 0.667. The molecule has 20 heavy (non-hydrogen) atoms. The zero-order valence-corrected chi connectivity index (χ0v) is 13.0. The Morgan fingerprint density at radius 2 is 1.55 bits per heavy atom. The van der Waals surface area contributed by atoms with E-state index in [-0.39, 0.29) is 0 Å². The summed E-state index contributed by atoms with van der Waals surface area (Å²) in [5.74, 6) is 0.999. The highest BCUT2D eigenvalue weighted by Gasteiger charge is 1.97. The lowest BCUT2D eigenvalue weighted by Gasteiger charge is -2.07. The Balaban J connectivity index is 2.13. The van der Waals surface area contributed by atoms with E-state index in [1.807, 2.05) is 0 Å². The summed E-state index contributed by atoms with van der Waals surface area (Å²) in [5.41, 5.74) is 8.50. The molecule has 0 aromatic heterocycles. The van der Waals surface area contributed by atoms with Gasteiger partial charge in [-0.25, -0.2) is 0 Å². The normalized spacial score (nSPS) is 10.7. The van der Waals surface area contributed by atoms with Crippen molar-refractivity contribution < 1.29 is 4.74 Å². The van der Waals surface area contributed by atoms with Gasteiger partial charge in [0.1, 0.15) is 5.75 Å².